The molecule has 9 nitrogen and oxygen atoms in total. The number of carbonyl (C=O) groups excluding carboxylic acids is 1. The molecule has 0 bridgehead atoms. The van der Waals surface area contributed by atoms with Gasteiger partial charge in [-0.2, -0.15) is 13.2 Å². The molecule has 1 saturated heterocycles. The Morgan fingerprint density at radius 3 is 2.45 bits per heavy atom. The number of allylic oxidation sites excluding steroid dienone is 1. The molecule has 2 aromatic carbocycles. The third-order valence-electron chi connectivity index (χ3n) is 8.76. The number of nitrogens with one attached hydrogen (secondary N) is 1. The summed E-state index contributed by atoms with van der Waals surface area (Å²) in [6.45, 7) is 7.23. The van der Waals surface area contributed by atoms with Crippen molar-refractivity contribution >= 4 is 38.0 Å². The summed E-state index contributed by atoms with van der Waals surface area (Å²) in [6, 6.07) is 10.6. The SMILES string of the molecule is C=C([C@H]1CC[C@@H](Nc2cccc3c2cc(C#CCN(C(C)=O)c2ccc(S(C)(=O)=O)cc2O)n3CC(F)(F)F)CC1)N1CCOCC1. The number of morpholine rings is 1. The van der Waals surface area contributed by atoms with Crippen LogP contribution in [0.1, 0.15) is 38.3 Å². The van der Waals surface area contributed by atoms with Gasteiger partial charge in [0, 0.05) is 55.1 Å². The van der Waals surface area contributed by atoms with Crippen LogP contribution in [0.15, 0.2) is 59.6 Å². The smallest absolute Gasteiger partial charge is 0.406 e. The van der Waals surface area contributed by atoms with Gasteiger partial charge in [0.25, 0.3) is 0 Å². The lowest BCUT2D eigenvalue weighted by atomic mass is 9.83. The van der Waals surface area contributed by atoms with E-state index in [0.717, 1.165) is 71.9 Å². The second-order valence-electron chi connectivity index (χ2n) is 12.1. The molecule has 2 N–H and O–H groups in total. The zero-order chi connectivity index (χ0) is 33.9. The van der Waals surface area contributed by atoms with Gasteiger partial charge in [-0.3, -0.25) is 9.69 Å². The molecule has 2 fully saturated rings. The molecular formula is C34H39F3N4O5S. The van der Waals surface area contributed by atoms with E-state index in [2.05, 4.69) is 28.6 Å². The predicted octanol–water partition coefficient (Wildman–Crippen LogP) is 5.53. The number of carbonyl (C=O) groups is 1. The maximum absolute atomic E-state index is 13.7. The highest BCUT2D eigenvalue weighted by molar-refractivity contribution is 7.90. The van der Waals surface area contributed by atoms with Crippen molar-refractivity contribution < 1.29 is 36.2 Å². The second-order valence-corrected chi connectivity index (χ2v) is 14.1. The highest BCUT2D eigenvalue weighted by atomic mass is 32.2. The molecule has 1 aliphatic heterocycles. The molecular weight excluding hydrogens is 633 g/mol. The minimum absolute atomic E-state index is 0.0322. The summed E-state index contributed by atoms with van der Waals surface area (Å²) in [6.07, 6.45) is 0.222. The van der Waals surface area contributed by atoms with Crippen molar-refractivity contribution in [3.63, 3.8) is 0 Å². The predicted molar refractivity (Wildman–Crippen MR) is 175 cm³/mol. The molecule has 0 atom stereocenters. The number of nitrogens with zero attached hydrogens (tertiary/aromatic N) is 3. The molecule has 13 heteroatoms. The molecule has 1 aliphatic carbocycles. The first-order valence-electron chi connectivity index (χ1n) is 15.5. The van der Waals surface area contributed by atoms with Gasteiger partial charge in [0.05, 0.1) is 41.6 Å². The monoisotopic (exact) mass is 672 g/mol. The van der Waals surface area contributed by atoms with Gasteiger partial charge in [-0.15, -0.1) is 0 Å². The fraction of sp³-hybridized carbons (Fsp3) is 0.441. The van der Waals surface area contributed by atoms with Crippen LogP contribution in [0.5, 0.6) is 5.75 Å². The first kappa shape index (κ1) is 34.2. The van der Waals surface area contributed by atoms with E-state index < -0.39 is 34.2 Å². The van der Waals surface area contributed by atoms with Gasteiger partial charge in [-0.05, 0) is 67.9 Å². The Bertz CT molecular complexity index is 1810. The molecule has 0 unspecified atom stereocenters. The number of fused-ring (bicyclic) bond motifs is 1. The number of hydrogen-bond donors (Lipinski definition) is 2. The number of rotatable bonds is 8. The Hall–Kier alpha value is -4.15. The van der Waals surface area contributed by atoms with Gasteiger partial charge in [0.1, 0.15) is 12.3 Å². The normalized spacial score (nSPS) is 18.8. The standard InChI is InChI=1S/C34H39F3N4O5S/c1-23(39-16-18-46-19-17-39)25-9-11-26(12-10-25)38-30-7-4-8-31-29(30)20-27(41(31)22-34(35,36)37)6-5-15-40(24(2)42)32-14-13-28(21-33(32)43)47(3,44)45/h4,7-8,13-14,20-21,25-26,38,43H,1,9-12,15-19,22H2,2-3H3/t25-,26+. The Kier molecular flexibility index (Phi) is 10.1. The molecule has 5 rings (SSSR count). The van der Waals surface area contributed by atoms with E-state index in [1.807, 2.05) is 6.07 Å². The number of alkyl halides is 3. The summed E-state index contributed by atoms with van der Waals surface area (Å²) < 4.78 is 71.5. The van der Waals surface area contributed by atoms with Crippen LogP contribution >= 0.6 is 0 Å². The number of anilines is 2. The lowest BCUT2D eigenvalue weighted by Gasteiger charge is -2.38. The molecule has 47 heavy (non-hydrogen) atoms. The summed E-state index contributed by atoms with van der Waals surface area (Å²) in [5.74, 6) is 5.05. The summed E-state index contributed by atoms with van der Waals surface area (Å²) in [7, 11) is -3.60. The minimum Gasteiger partial charge on any atom is -0.506 e. The number of benzene rings is 2. The first-order chi connectivity index (χ1) is 22.2. The van der Waals surface area contributed by atoms with E-state index in [1.54, 1.807) is 18.2 Å². The average molecular weight is 673 g/mol. The maximum Gasteiger partial charge on any atom is 0.406 e. The van der Waals surface area contributed by atoms with Gasteiger partial charge in [-0.25, -0.2) is 8.42 Å². The van der Waals surface area contributed by atoms with Crippen LogP contribution in [-0.2, 0) is 25.9 Å². The average Bonchev–Trinajstić information content (AvgIpc) is 3.36. The van der Waals surface area contributed by atoms with Crippen molar-refractivity contribution in [3.8, 4) is 17.6 Å². The topological polar surface area (TPSA) is 104 Å². The Balaban J connectivity index is 1.36. The van der Waals surface area contributed by atoms with Crippen molar-refractivity contribution in [1.29, 1.82) is 0 Å². The molecule has 1 aromatic heterocycles. The summed E-state index contributed by atoms with van der Waals surface area (Å²) >= 11 is 0. The Morgan fingerprint density at radius 1 is 1.13 bits per heavy atom. The summed E-state index contributed by atoms with van der Waals surface area (Å²) in [5.41, 5.74) is 2.42. The van der Waals surface area contributed by atoms with E-state index >= 15 is 0 Å². The number of ether oxygens (including phenoxy) is 1. The lowest BCUT2D eigenvalue weighted by molar-refractivity contribution is -0.140. The zero-order valence-corrected chi connectivity index (χ0v) is 27.3. The van der Waals surface area contributed by atoms with Crippen LogP contribution in [0.2, 0.25) is 0 Å². The number of phenolic OH excluding ortho intramolecular Hbond substituents is 1. The van der Waals surface area contributed by atoms with Crippen LogP contribution in [0.25, 0.3) is 10.9 Å². The van der Waals surface area contributed by atoms with Gasteiger partial charge >= 0.3 is 6.18 Å². The van der Waals surface area contributed by atoms with E-state index in [-0.39, 0.29) is 28.9 Å². The highest BCUT2D eigenvalue weighted by Crippen LogP contribution is 2.36. The molecule has 0 radical (unpaired) electrons. The second kappa shape index (κ2) is 13.9. The number of amides is 1. The number of sulfone groups is 1. The molecule has 3 aromatic rings. The van der Waals surface area contributed by atoms with Crippen molar-refractivity contribution in [2.75, 3.05) is 49.3 Å². The first-order valence-corrected chi connectivity index (χ1v) is 17.4. The molecule has 2 aliphatic rings. The Morgan fingerprint density at radius 2 is 1.83 bits per heavy atom. The number of halogens is 3. The fourth-order valence-electron chi connectivity index (χ4n) is 6.30. The minimum atomic E-state index is -4.51. The lowest BCUT2D eigenvalue weighted by Crippen LogP contribution is -2.38. The molecule has 1 amide bonds. The van der Waals surface area contributed by atoms with E-state index in [1.165, 1.54) is 19.1 Å². The largest absolute Gasteiger partial charge is 0.506 e. The van der Waals surface area contributed by atoms with Crippen LogP contribution in [0.3, 0.4) is 0 Å². The highest BCUT2D eigenvalue weighted by Gasteiger charge is 2.31. The summed E-state index contributed by atoms with van der Waals surface area (Å²) in [5, 5.41) is 14.6. The van der Waals surface area contributed by atoms with Gasteiger partial charge in [0.15, 0.2) is 9.84 Å². The van der Waals surface area contributed by atoms with Crippen LogP contribution < -0.4 is 10.2 Å². The van der Waals surface area contributed by atoms with Crippen molar-refractivity contribution in [2.24, 2.45) is 5.92 Å². The molecule has 1 saturated carbocycles. The van der Waals surface area contributed by atoms with Crippen LogP contribution in [0.4, 0.5) is 24.5 Å². The Labute approximate surface area is 272 Å². The van der Waals surface area contributed by atoms with Gasteiger partial charge in [-0.1, -0.05) is 18.6 Å². The number of phenols is 1. The van der Waals surface area contributed by atoms with Crippen molar-refractivity contribution in [3.05, 3.63) is 60.4 Å². The zero-order valence-electron chi connectivity index (χ0n) is 26.4. The van der Waals surface area contributed by atoms with Crippen LogP contribution in [-0.4, -0.2) is 80.2 Å². The molecule has 2 heterocycles. The fourth-order valence-corrected chi connectivity index (χ4v) is 6.94. The number of aromatic nitrogens is 1. The van der Waals surface area contributed by atoms with Gasteiger partial charge in [0.2, 0.25) is 5.91 Å². The molecule has 0 spiro atoms. The number of aromatic hydroxyl groups is 1. The van der Waals surface area contributed by atoms with Crippen molar-refractivity contribution in [1.82, 2.24) is 9.47 Å². The van der Waals surface area contributed by atoms with E-state index in [9.17, 15) is 31.5 Å². The third kappa shape index (κ3) is 8.23. The van der Waals surface area contributed by atoms with E-state index in [4.69, 9.17) is 4.74 Å². The third-order valence-corrected chi connectivity index (χ3v) is 9.87. The maximum atomic E-state index is 13.7. The number of hydrogen-bond acceptors (Lipinski definition) is 7. The van der Waals surface area contributed by atoms with Crippen LogP contribution in [0, 0.1) is 17.8 Å². The van der Waals surface area contributed by atoms with E-state index in [0.29, 0.717) is 30.0 Å². The van der Waals surface area contributed by atoms with Crippen molar-refractivity contribution in [2.45, 2.75) is 56.3 Å². The van der Waals surface area contributed by atoms with Gasteiger partial charge < -0.3 is 24.6 Å². The quantitative estimate of drug-likeness (QED) is 0.303. The summed E-state index contributed by atoms with van der Waals surface area (Å²) in [4.78, 5) is 15.8. The molecule has 252 valence electrons.